The molecule has 0 aliphatic carbocycles. The maximum absolute atomic E-state index is 13.1. The van der Waals surface area contributed by atoms with Crippen molar-refractivity contribution in [3.8, 4) is 0 Å². The van der Waals surface area contributed by atoms with E-state index in [0.717, 1.165) is 11.8 Å². The first-order chi connectivity index (χ1) is 15.8. The molecule has 34 heavy (non-hydrogen) atoms. The molecule has 14 heteroatoms. The van der Waals surface area contributed by atoms with Crippen LogP contribution in [-0.2, 0) is 23.1 Å². The second kappa shape index (κ2) is 10.4. The first-order valence-corrected chi connectivity index (χ1v) is 12.9. The Balaban J connectivity index is 1.73. The third-order valence-corrected chi connectivity index (χ3v) is 8.03. The van der Waals surface area contributed by atoms with Crippen molar-refractivity contribution in [1.29, 1.82) is 0 Å². The number of pyridine rings is 1. The van der Waals surface area contributed by atoms with E-state index in [9.17, 15) is 24.4 Å². The molecule has 0 saturated carbocycles. The fourth-order valence-electron chi connectivity index (χ4n) is 3.44. The first kappa shape index (κ1) is 26.8. The Labute approximate surface area is 200 Å². The summed E-state index contributed by atoms with van der Waals surface area (Å²) in [6.45, 7) is 6.34. The van der Waals surface area contributed by atoms with Crippen molar-refractivity contribution < 1.29 is 33.4 Å². The molecule has 1 aromatic heterocycles. The number of aliphatic hydroxyl groups excluding tert-OH is 1. The zero-order valence-electron chi connectivity index (χ0n) is 19.3. The second-order valence-electron chi connectivity index (χ2n) is 8.17. The largest absolute Gasteiger partial charge is 0.407 e. The van der Waals surface area contributed by atoms with Gasteiger partial charge in [0.1, 0.15) is 29.1 Å². The predicted octanol–water partition coefficient (Wildman–Crippen LogP) is -0.661. The molecule has 2 aliphatic rings. The number of ether oxygens (including phenoxy) is 1. The lowest BCUT2D eigenvalue weighted by Crippen LogP contribution is -2.53. The van der Waals surface area contributed by atoms with Crippen molar-refractivity contribution in [1.82, 2.24) is 14.6 Å². The van der Waals surface area contributed by atoms with Crippen molar-refractivity contribution in [3.63, 3.8) is 0 Å². The van der Waals surface area contributed by atoms with E-state index in [1.807, 2.05) is 0 Å². The highest BCUT2D eigenvalue weighted by Crippen LogP contribution is 2.51. The summed E-state index contributed by atoms with van der Waals surface area (Å²) in [6, 6.07) is 2.90. The van der Waals surface area contributed by atoms with Crippen molar-refractivity contribution in [3.05, 3.63) is 45.6 Å². The first-order valence-electron chi connectivity index (χ1n) is 10.4. The summed E-state index contributed by atoms with van der Waals surface area (Å²) in [5.41, 5.74) is -1.77. The lowest BCUT2D eigenvalue weighted by atomic mass is 9.96. The Morgan fingerprint density at radius 1 is 1.44 bits per heavy atom. The van der Waals surface area contributed by atoms with Crippen LogP contribution in [0.5, 0.6) is 0 Å². The van der Waals surface area contributed by atoms with Gasteiger partial charge >= 0.3 is 7.75 Å². The van der Waals surface area contributed by atoms with Crippen LogP contribution >= 0.6 is 19.5 Å². The van der Waals surface area contributed by atoms with Gasteiger partial charge in [0, 0.05) is 30.2 Å². The average Bonchev–Trinajstić information content (AvgIpc) is 2.98. The number of nitrogens with one attached hydrogen (secondary N) is 1. The molecule has 2 aliphatic heterocycles. The van der Waals surface area contributed by atoms with Crippen LogP contribution in [0.3, 0.4) is 0 Å². The Hall–Kier alpha value is -1.83. The molecular weight excluding hydrogens is 487 g/mol. The van der Waals surface area contributed by atoms with E-state index in [-0.39, 0.29) is 29.7 Å². The van der Waals surface area contributed by atoms with Crippen molar-refractivity contribution in [2.24, 2.45) is 4.99 Å². The molecule has 0 aromatic carbocycles. The Kier molecular flexibility index (Phi) is 8.21. The third-order valence-electron chi connectivity index (χ3n) is 5.29. The summed E-state index contributed by atoms with van der Waals surface area (Å²) in [6.07, 6.45) is -1.96. The molecule has 188 valence electrons. The molecule has 3 rings (SSSR count). The molecule has 3 heterocycles. The highest BCUT2D eigenvalue weighted by Gasteiger charge is 2.55. The summed E-state index contributed by atoms with van der Waals surface area (Å²) in [5.74, 6) is 0.484. The zero-order valence-corrected chi connectivity index (χ0v) is 21.0. The highest BCUT2D eigenvalue weighted by atomic mass is 32.2. The van der Waals surface area contributed by atoms with E-state index in [1.165, 1.54) is 43.6 Å². The second-order valence-corrected chi connectivity index (χ2v) is 11.7. The van der Waals surface area contributed by atoms with Crippen molar-refractivity contribution >= 4 is 30.8 Å². The van der Waals surface area contributed by atoms with Gasteiger partial charge < -0.3 is 24.8 Å². The average molecular weight is 517 g/mol. The number of carbonyl (C=O) groups excluding carboxylic acids is 1. The predicted molar refractivity (Wildman–Crippen MR) is 125 cm³/mol. The molecule has 1 saturated heterocycles. The minimum atomic E-state index is -3.74. The van der Waals surface area contributed by atoms with Gasteiger partial charge in [-0.15, -0.1) is 0 Å². The number of nitrogens with zero attached hydrogens (tertiary/aromatic N) is 3. The van der Waals surface area contributed by atoms with Crippen LogP contribution < -0.4 is 16.3 Å². The third kappa shape index (κ3) is 5.69. The van der Waals surface area contributed by atoms with Gasteiger partial charge in [0.05, 0.1) is 13.2 Å². The lowest BCUT2D eigenvalue weighted by Gasteiger charge is -2.35. The fourth-order valence-corrected chi connectivity index (χ4v) is 5.21. The summed E-state index contributed by atoms with van der Waals surface area (Å²) in [7, 11) is -0.713. The molecule has 0 bridgehead atoms. The van der Waals surface area contributed by atoms with Crippen LogP contribution in [0.4, 0.5) is 0 Å². The normalized spacial score (nSPS) is 28.3. The molecule has 5 atom stereocenters. The maximum atomic E-state index is 13.1. The van der Waals surface area contributed by atoms with Crippen LogP contribution in [0, 0.1) is 0 Å². The number of fused-ring (bicyclic) bond motifs is 1. The quantitative estimate of drug-likeness (QED) is 0.283. The SMILES string of the molecule is C=C1N=c2[nH]c(=O)ccc2=CN1[C@@H]1O[C@H](COP(=O)(OCCSC(C)=O)N(C)C)[C@@H](O)[C@@]1(C)O. The molecule has 1 fully saturated rings. The van der Waals surface area contributed by atoms with Crippen LogP contribution in [0.25, 0.3) is 6.20 Å². The van der Waals surface area contributed by atoms with Gasteiger partial charge in [-0.2, -0.15) is 0 Å². The Bertz CT molecular complexity index is 1170. The van der Waals surface area contributed by atoms with E-state index >= 15 is 0 Å². The van der Waals surface area contributed by atoms with Crippen LogP contribution in [-0.4, -0.2) is 87.0 Å². The van der Waals surface area contributed by atoms with E-state index in [1.54, 1.807) is 12.3 Å². The zero-order chi connectivity index (χ0) is 25.3. The summed E-state index contributed by atoms with van der Waals surface area (Å²) in [5, 5.41) is 22.3. The Morgan fingerprint density at radius 3 is 2.79 bits per heavy atom. The van der Waals surface area contributed by atoms with E-state index in [0.29, 0.717) is 16.5 Å². The lowest BCUT2D eigenvalue weighted by molar-refractivity contribution is -0.109. The number of carbonyl (C=O) groups is 1. The number of H-pyrrole nitrogens is 1. The molecule has 0 radical (unpaired) electrons. The molecule has 0 spiro atoms. The number of hydrogen-bond acceptors (Lipinski definition) is 11. The molecule has 1 aromatic rings. The van der Waals surface area contributed by atoms with Crippen LogP contribution in [0.2, 0.25) is 0 Å². The summed E-state index contributed by atoms with van der Waals surface area (Å²) in [4.78, 5) is 30.9. The minimum absolute atomic E-state index is 0.0136. The number of aromatic nitrogens is 1. The number of thioether (sulfide) groups is 1. The van der Waals surface area contributed by atoms with Gasteiger partial charge in [-0.05, 0) is 27.1 Å². The van der Waals surface area contributed by atoms with E-state index in [2.05, 4.69) is 16.6 Å². The molecule has 12 nitrogen and oxygen atoms in total. The topological polar surface area (TPSA) is 154 Å². The standard InChI is InChI=1S/C20H29N4O8PS/c1-12-21-18-14(6-7-16(26)22-18)10-24(12)19-20(3,28)17(27)15(32-19)11-31-33(29,23(4)5)30-8-9-34-13(2)25/h6-7,10,15,17,19,27-28H,1,8-9,11H2,2-5H3,(H,21,22,26)/t15-,17-,19-,20-,33?/m1/s1. The van der Waals surface area contributed by atoms with Crippen molar-refractivity contribution in [2.75, 3.05) is 33.1 Å². The van der Waals surface area contributed by atoms with E-state index in [4.69, 9.17) is 13.8 Å². The smallest absolute Gasteiger partial charge is 0.387 e. The molecule has 3 N–H and O–H groups in total. The minimum Gasteiger partial charge on any atom is -0.387 e. The van der Waals surface area contributed by atoms with Gasteiger partial charge in [-0.25, -0.2) is 14.2 Å². The number of rotatable bonds is 9. The van der Waals surface area contributed by atoms with Gasteiger partial charge in [0.15, 0.2) is 11.3 Å². The van der Waals surface area contributed by atoms with Crippen LogP contribution in [0.15, 0.2) is 34.3 Å². The van der Waals surface area contributed by atoms with Gasteiger partial charge in [-0.3, -0.25) is 18.6 Å². The number of hydrogen-bond donors (Lipinski definition) is 3. The van der Waals surface area contributed by atoms with Gasteiger partial charge in [0.2, 0.25) is 5.56 Å². The maximum Gasteiger partial charge on any atom is 0.407 e. The monoisotopic (exact) mass is 516 g/mol. The van der Waals surface area contributed by atoms with Crippen LogP contribution in [0.1, 0.15) is 13.8 Å². The molecule has 0 amide bonds. The highest BCUT2D eigenvalue weighted by molar-refractivity contribution is 8.13. The number of aromatic amines is 1. The van der Waals surface area contributed by atoms with Gasteiger partial charge in [0.25, 0.3) is 0 Å². The molecular formula is C20H29N4O8PS. The Morgan fingerprint density at radius 2 is 2.15 bits per heavy atom. The van der Waals surface area contributed by atoms with Crippen molar-refractivity contribution in [2.45, 2.75) is 37.9 Å². The van der Waals surface area contributed by atoms with E-state index < -0.39 is 31.8 Å². The summed E-state index contributed by atoms with van der Waals surface area (Å²) >= 11 is 1.04. The van der Waals surface area contributed by atoms with Gasteiger partial charge in [-0.1, -0.05) is 18.3 Å². The fraction of sp³-hybridized carbons (Fsp3) is 0.550. The summed E-state index contributed by atoms with van der Waals surface area (Å²) < 4.78 is 31.2. The number of aliphatic hydroxyl groups is 2. The molecule has 1 unspecified atom stereocenters.